The fourth-order valence-corrected chi connectivity index (χ4v) is 2.18. The van der Waals surface area contributed by atoms with Crippen molar-refractivity contribution in [2.75, 3.05) is 44.4 Å². The largest absolute Gasteiger partial charge is 0.368 e. The molecule has 2 heterocycles. The number of aromatic nitrogens is 3. The van der Waals surface area contributed by atoms with Crippen molar-refractivity contribution < 1.29 is 0 Å². The Kier molecular flexibility index (Phi) is 3.86. The number of hydrogen-bond acceptors (Lipinski definition) is 7. The molecule has 1 aliphatic heterocycles. The van der Waals surface area contributed by atoms with Crippen LogP contribution in [0, 0.1) is 0 Å². The van der Waals surface area contributed by atoms with Gasteiger partial charge in [0.2, 0.25) is 11.9 Å². The molecule has 0 bridgehead atoms. The quantitative estimate of drug-likeness (QED) is 0.776. The van der Waals surface area contributed by atoms with Gasteiger partial charge in [-0.25, -0.2) is 0 Å². The van der Waals surface area contributed by atoms with Crippen molar-refractivity contribution in [2.45, 2.75) is 25.9 Å². The zero-order chi connectivity index (χ0) is 14.0. The fourth-order valence-electron chi connectivity index (χ4n) is 2.18. The topological polar surface area (TPSA) is 83.2 Å². The van der Waals surface area contributed by atoms with E-state index in [2.05, 4.69) is 39.0 Å². The van der Waals surface area contributed by atoms with Crippen LogP contribution in [0.5, 0.6) is 0 Å². The first-order valence-electron chi connectivity index (χ1n) is 6.52. The fraction of sp³-hybridized carbons (Fsp3) is 0.750. The van der Waals surface area contributed by atoms with Gasteiger partial charge in [0, 0.05) is 39.3 Å². The summed E-state index contributed by atoms with van der Waals surface area (Å²) < 4.78 is 0. The monoisotopic (exact) mass is 265 g/mol. The Morgan fingerprint density at radius 1 is 1.32 bits per heavy atom. The smallest absolute Gasteiger partial charge is 0.229 e. The van der Waals surface area contributed by atoms with E-state index in [-0.39, 0.29) is 11.5 Å². The summed E-state index contributed by atoms with van der Waals surface area (Å²) in [6.45, 7) is 8.07. The van der Waals surface area contributed by atoms with Gasteiger partial charge >= 0.3 is 0 Å². The molecule has 0 aromatic carbocycles. The molecule has 0 aliphatic carbocycles. The molecule has 0 amide bonds. The normalized spacial score (nSPS) is 19.4. The third kappa shape index (κ3) is 3.30. The number of nitrogens with one attached hydrogen (secondary N) is 1. The maximum absolute atomic E-state index is 5.75. The highest BCUT2D eigenvalue weighted by molar-refractivity contribution is 5.32. The summed E-state index contributed by atoms with van der Waals surface area (Å²) in [7, 11) is 3.79. The lowest BCUT2D eigenvalue weighted by Gasteiger charge is -2.42. The average Bonchev–Trinajstić information content (AvgIpc) is 2.31. The third-order valence-electron chi connectivity index (χ3n) is 3.39. The number of nitrogens with two attached hydrogens (primary N) is 1. The first-order chi connectivity index (χ1) is 8.88. The minimum Gasteiger partial charge on any atom is -0.368 e. The van der Waals surface area contributed by atoms with Crippen LogP contribution in [0.3, 0.4) is 0 Å². The zero-order valence-corrected chi connectivity index (χ0v) is 12.1. The Morgan fingerprint density at radius 3 is 2.68 bits per heavy atom. The SMILES string of the molecule is CN(C)c1nc(N)nc(CN2CCNCC2(C)C)n1. The minimum atomic E-state index is 0.0952. The number of rotatable bonds is 3. The summed E-state index contributed by atoms with van der Waals surface area (Å²) in [6.07, 6.45) is 0. The van der Waals surface area contributed by atoms with Crippen molar-refractivity contribution >= 4 is 11.9 Å². The highest BCUT2D eigenvalue weighted by atomic mass is 15.3. The Hall–Kier alpha value is -1.47. The van der Waals surface area contributed by atoms with Crippen LogP contribution in [-0.2, 0) is 6.54 Å². The van der Waals surface area contributed by atoms with Gasteiger partial charge in [-0.05, 0) is 13.8 Å². The van der Waals surface area contributed by atoms with E-state index in [4.69, 9.17) is 5.73 Å². The molecule has 1 saturated heterocycles. The summed E-state index contributed by atoms with van der Waals surface area (Å²) in [5, 5.41) is 3.40. The predicted molar refractivity (Wildman–Crippen MR) is 75.9 cm³/mol. The van der Waals surface area contributed by atoms with Gasteiger partial charge in [0.05, 0.1) is 6.54 Å². The second-order valence-corrected chi connectivity index (χ2v) is 5.72. The van der Waals surface area contributed by atoms with Gasteiger partial charge in [-0.1, -0.05) is 0 Å². The van der Waals surface area contributed by atoms with Crippen molar-refractivity contribution in [3.8, 4) is 0 Å². The molecule has 1 aromatic rings. The molecular formula is C12H23N7. The molecule has 1 aliphatic rings. The highest BCUT2D eigenvalue weighted by Gasteiger charge is 2.30. The number of anilines is 2. The molecule has 7 nitrogen and oxygen atoms in total. The maximum atomic E-state index is 5.75. The van der Waals surface area contributed by atoms with Gasteiger partial charge in [0.15, 0.2) is 0 Å². The lowest BCUT2D eigenvalue weighted by atomic mass is 10.0. The number of piperazine rings is 1. The molecule has 0 saturated carbocycles. The molecule has 106 valence electrons. The van der Waals surface area contributed by atoms with Crippen molar-refractivity contribution in [1.29, 1.82) is 0 Å². The number of nitrogens with zero attached hydrogens (tertiary/aromatic N) is 5. The molecule has 0 unspecified atom stereocenters. The Morgan fingerprint density at radius 2 is 2.05 bits per heavy atom. The first kappa shape index (κ1) is 14.0. The number of nitrogen functional groups attached to an aromatic ring is 1. The Balaban J connectivity index is 2.18. The second kappa shape index (κ2) is 5.26. The van der Waals surface area contributed by atoms with Crippen LogP contribution in [0.25, 0.3) is 0 Å². The molecule has 1 aromatic heterocycles. The van der Waals surface area contributed by atoms with E-state index in [9.17, 15) is 0 Å². The van der Waals surface area contributed by atoms with Gasteiger partial charge in [-0.3, -0.25) is 4.90 Å². The van der Waals surface area contributed by atoms with E-state index in [0.717, 1.165) is 25.5 Å². The summed E-state index contributed by atoms with van der Waals surface area (Å²) in [6, 6.07) is 0. The average molecular weight is 265 g/mol. The molecule has 2 rings (SSSR count). The summed E-state index contributed by atoms with van der Waals surface area (Å²) >= 11 is 0. The minimum absolute atomic E-state index is 0.0952. The van der Waals surface area contributed by atoms with Crippen molar-refractivity contribution in [1.82, 2.24) is 25.2 Å². The van der Waals surface area contributed by atoms with E-state index >= 15 is 0 Å². The second-order valence-electron chi connectivity index (χ2n) is 5.72. The van der Waals surface area contributed by atoms with Crippen LogP contribution in [0.1, 0.15) is 19.7 Å². The van der Waals surface area contributed by atoms with Crippen LogP contribution in [0.4, 0.5) is 11.9 Å². The van der Waals surface area contributed by atoms with Crippen molar-refractivity contribution in [3.05, 3.63) is 5.82 Å². The molecule has 1 fully saturated rings. The third-order valence-corrected chi connectivity index (χ3v) is 3.39. The predicted octanol–water partition coefficient (Wildman–Crippen LogP) is -0.296. The van der Waals surface area contributed by atoms with E-state index in [1.54, 1.807) is 0 Å². The van der Waals surface area contributed by atoms with E-state index in [1.807, 2.05) is 19.0 Å². The van der Waals surface area contributed by atoms with Crippen molar-refractivity contribution in [3.63, 3.8) is 0 Å². The summed E-state index contributed by atoms with van der Waals surface area (Å²) in [5.74, 6) is 1.61. The van der Waals surface area contributed by atoms with Crippen LogP contribution in [-0.4, -0.2) is 59.1 Å². The van der Waals surface area contributed by atoms with Crippen LogP contribution in [0.2, 0.25) is 0 Å². The molecule has 0 radical (unpaired) electrons. The lowest BCUT2D eigenvalue weighted by Crippen LogP contribution is -2.57. The maximum Gasteiger partial charge on any atom is 0.229 e. The van der Waals surface area contributed by atoms with E-state index in [1.165, 1.54) is 0 Å². The summed E-state index contributed by atoms with van der Waals surface area (Å²) in [4.78, 5) is 17.0. The molecule has 7 heteroatoms. The molecule has 3 N–H and O–H groups in total. The molecule has 0 atom stereocenters. The summed E-state index contributed by atoms with van der Waals surface area (Å²) in [5.41, 5.74) is 5.85. The van der Waals surface area contributed by atoms with Gasteiger partial charge in [0.1, 0.15) is 5.82 Å². The van der Waals surface area contributed by atoms with Crippen LogP contribution in [0.15, 0.2) is 0 Å². The van der Waals surface area contributed by atoms with Gasteiger partial charge in [-0.15, -0.1) is 0 Å². The van der Waals surface area contributed by atoms with Crippen molar-refractivity contribution in [2.24, 2.45) is 0 Å². The first-order valence-corrected chi connectivity index (χ1v) is 6.52. The Labute approximate surface area is 114 Å². The van der Waals surface area contributed by atoms with E-state index < -0.39 is 0 Å². The van der Waals surface area contributed by atoms with Crippen LogP contribution >= 0.6 is 0 Å². The van der Waals surface area contributed by atoms with Crippen LogP contribution < -0.4 is 16.0 Å². The Bertz CT molecular complexity index is 444. The highest BCUT2D eigenvalue weighted by Crippen LogP contribution is 2.18. The lowest BCUT2D eigenvalue weighted by molar-refractivity contribution is 0.0799. The molecule has 19 heavy (non-hydrogen) atoms. The van der Waals surface area contributed by atoms with E-state index in [0.29, 0.717) is 12.5 Å². The molecular weight excluding hydrogens is 242 g/mol. The van der Waals surface area contributed by atoms with Gasteiger partial charge < -0.3 is 16.0 Å². The standard InChI is InChI=1S/C12H23N7/c1-12(2)8-14-5-6-19(12)7-9-15-10(13)17-11(16-9)18(3)4/h14H,5-8H2,1-4H3,(H2,13,15,16,17). The van der Waals surface area contributed by atoms with Gasteiger partial charge in [0.25, 0.3) is 0 Å². The zero-order valence-electron chi connectivity index (χ0n) is 12.1. The van der Waals surface area contributed by atoms with Gasteiger partial charge in [-0.2, -0.15) is 15.0 Å². The molecule has 0 spiro atoms. The number of hydrogen-bond donors (Lipinski definition) is 2.